The monoisotopic (exact) mass is 1570 g/mol. The van der Waals surface area contributed by atoms with Crippen LogP contribution in [0.4, 0.5) is 4.39 Å². The zero-order valence-corrected chi connectivity index (χ0v) is 72.6. The summed E-state index contributed by atoms with van der Waals surface area (Å²) < 4.78 is 15.5. The Labute approximate surface area is 717 Å². The van der Waals surface area contributed by atoms with Crippen molar-refractivity contribution in [3.05, 3.63) is 210 Å². The molecule has 0 saturated heterocycles. The number of halogens is 2. The molecule has 3 aromatic carbocycles. The van der Waals surface area contributed by atoms with Crippen molar-refractivity contribution in [2.45, 2.75) is 195 Å². The molecule has 0 atom stereocenters. The van der Waals surface area contributed by atoms with Crippen LogP contribution in [-0.4, -0.2) is 53.7 Å². The molecule has 524 valence electrons. The summed E-state index contributed by atoms with van der Waals surface area (Å²) in [5, 5.41) is 14.1. The second-order valence-electron chi connectivity index (χ2n) is 25.1. The molecule has 0 radical (unpaired) electrons. The Bertz CT molecular complexity index is 3700. The van der Waals surface area contributed by atoms with E-state index >= 15 is 9.59 Å². The van der Waals surface area contributed by atoms with E-state index in [9.17, 15) is 4.39 Å². The Balaban J connectivity index is 0.000000832. The standard InChI is InChI=1S/C72H84N2O2S6.C9H11Br.CH3F.CH2O3.2K.H/c1-5-9-13-23-35-53-43-47-77-67(53)57-39-41-59(79-57)69-55(37-25-15-11-7-3)49-61(81-69)65-63-64(72(76)73(65)45-27-33-51-29-19-17-20-30-51)66(74(71(63)75)46-28-34-52-31-21-18-22-32-52)62-50-56(38-26-16-12-8-4)70(82-62)60-42-40-58(80-60)68-54(44-48-78-68)36-24-14-10-6-2;10-8-4-7-9-5-2-1-3-6-9;1-2;2-1-4-3;;;/h17-22,29-32,39-44,47-50H,5-16,23-28,33-38,45-46H2,1-4H3;1-3,5-6H,4,7-8H2;1H3;1,3H;;;/q;;;;2*+1;-1/p-1/i;;1D;;;;. The van der Waals surface area contributed by atoms with Crippen LogP contribution in [-0.2, 0) is 64.2 Å². The van der Waals surface area contributed by atoms with Gasteiger partial charge in [0.1, 0.15) is 0 Å². The minimum atomic E-state index is -1.00. The van der Waals surface area contributed by atoms with Gasteiger partial charge < -0.3 is 21.4 Å². The molecule has 0 bridgehead atoms. The Morgan fingerprint density at radius 3 is 1.08 bits per heavy atom. The summed E-state index contributed by atoms with van der Waals surface area (Å²) in [5.41, 5.74) is 12.4. The van der Waals surface area contributed by atoms with Crippen LogP contribution in [0, 0.1) is 0 Å². The summed E-state index contributed by atoms with van der Waals surface area (Å²) in [4.78, 5) is 60.0. The number of amides is 2. The van der Waals surface area contributed by atoms with Gasteiger partial charge in [-0.2, -0.15) is 0 Å². The molecular weight excluding hydrogens is 1470 g/mol. The predicted molar refractivity (Wildman–Crippen MR) is 424 cm³/mol. The van der Waals surface area contributed by atoms with Gasteiger partial charge in [0.25, 0.3) is 18.3 Å². The van der Waals surface area contributed by atoms with Gasteiger partial charge in [-0.1, -0.05) is 212 Å². The number of benzene rings is 3. The van der Waals surface area contributed by atoms with Gasteiger partial charge >= 0.3 is 103 Å². The molecule has 2 aliphatic heterocycles. The van der Waals surface area contributed by atoms with Crippen LogP contribution in [0.15, 0.2) is 161 Å². The summed E-state index contributed by atoms with van der Waals surface area (Å²) >= 11 is 14.6. The first-order valence-electron chi connectivity index (χ1n) is 36.3. The van der Waals surface area contributed by atoms with Gasteiger partial charge in [0.05, 0.1) is 40.8 Å². The largest absolute Gasteiger partial charge is 1.00 e. The molecule has 2 aliphatic rings. The normalized spacial score (nSPS) is 12.5. The summed E-state index contributed by atoms with van der Waals surface area (Å²) in [7, 11) is -1.00. The van der Waals surface area contributed by atoms with Gasteiger partial charge in [-0.15, -0.1) is 68.0 Å². The molecule has 6 aromatic heterocycles. The van der Waals surface area contributed by atoms with Gasteiger partial charge in [0.2, 0.25) is 0 Å². The van der Waals surface area contributed by atoms with Crippen molar-refractivity contribution < 1.29 is 134 Å². The summed E-state index contributed by atoms with van der Waals surface area (Å²) in [6, 6.07) is 50.7. The van der Waals surface area contributed by atoms with E-state index in [4.69, 9.17) is 11.4 Å². The van der Waals surface area contributed by atoms with Crippen molar-refractivity contribution in [2.24, 2.45) is 0 Å². The fourth-order valence-corrected chi connectivity index (χ4v) is 20.3. The predicted octanol–water partition coefficient (Wildman–Crippen LogP) is 18.4. The van der Waals surface area contributed by atoms with Crippen molar-refractivity contribution in [3.8, 4) is 39.0 Å². The van der Waals surface area contributed by atoms with Crippen LogP contribution >= 0.6 is 84.0 Å². The number of hydrogen-bond donors (Lipinski definition) is 0. The SMILES string of the molecule is BrCCCc1ccccc1.CCCCCCc1ccsc1-c1ccc(-c2sc(C3=C4C(=O)N(CCCc5ccccc5)C(c5cc(CCCCCC)c(-c6ccc(-c7sccc7CCCCCC)s6)s5)=C4C(=O)N3CCCc3ccccc3)cc2CCCCCC)s1.O=CO[O-].[2H]CF.[H-].[K+].[K+]. The van der Waals surface area contributed by atoms with Crippen molar-refractivity contribution >= 4 is 114 Å². The van der Waals surface area contributed by atoms with Gasteiger partial charge in [-0.05, 0) is 188 Å². The minimum Gasteiger partial charge on any atom is -1.00 e. The van der Waals surface area contributed by atoms with Crippen LogP contribution < -0.4 is 108 Å². The summed E-state index contributed by atoms with van der Waals surface area (Å²) in [6.45, 7) is 10.0. The zero-order valence-electron chi connectivity index (χ0n) is 61.9. The molecular formula is C83H100BrFK2N2O5S6. The van der Waals surface area contributed by atoms with Crippen LogP contribution in [0.2, 0.25) is 0 Å². The van der Waals surface area contributed by atoms with Crippen molar-refractivity contribution in [1.82, 2.24) is 9.80 Å². The second-order valence-corrected chi connectivity index (χ2v) is 32.0. The number of fused-ring (bicyclic) bond motifs is 1. The van der Waals surface area contributed by atoms with Crippen molar-refractivity contribution in [3.63, 3.8) is 0 Å². The number of rotatable bonds is 38. The van der Waals surface area contributed by atoms with E-state index < -0.39 is 7.15 Å². The van der Waals surface area contributed by atoms with Gasteiger partial charge in [0.15, 0.2) is 0 Å². The van der Waals surface area contributed by atoms with Crippen LogP contribution in [0.5, 0.6) is 0 Å². The number of carbonyl (C=O) groups is 3. The number of alkyl halides is 2. The topological polar surface area (TPSA) is 90.0 Å². The van der Waals surface area contributed by atoms with Crippen LogP contribution in [0.1, 0.15) is 201 Å². The maximum atomic E-state index is 16.0. The van der Waals surface area contributed by atoms with Gasteiger partial charge in [0, 0.05) is 57.4 Å². The molecule has 100 heavy (non-hydrogen) atoms. The number of nitrogens with zero attached hydrogens (tertiary/aromatic N) is 2. The molecule has 0 N–H and O–H groups in total. The molecule has 0 fully saturated rings. The molecule has 2 amide bonds. The Morgan fingerprint density at radius 1 is 0.440 bits per heavy atom. The van der Waals surface area contributed by atoms with E-state index in [0.717, 1.165) is 90.7 Å². The molecule has 0 aliphatic carbocycles. The first-order chi connectivity index (χ1) is 48.6. The molecule has 8 heterocycles. The van der Waals surface area contributed by atoms with E-state index in [1.165, 1.54) is 181 Å². The Kier molecular flexibility index (Phi) is 41.1. The average molecular weight is 1580 g/mol. The second kappa shape index (κ2) is 48.6. The van der Waals surface area contributed by atoms with Gasteiger partial charge in [-0.25, -0.2) is 0 Å². The Hall–Kier alpha value is -2.61. The minimum absolute atomic E-state index is 0. The molecule has 0 unspecified atom stereocenters. The molecule has 7 nitrogen and oxygen atoms in total. The Morgan fingerprint density at radius 2 is 0.760 bits per heavy atom. The third-order valence-electron chi connectivity index (χ3n) is 17.9. The molecule has 0 saturated carbocycles. The van der Waals surface area contributed by atoms with Crippen LogP contribution in [0.25, 0.3) is 50.4 Å². The number of aryl methyl sites for hydroxylation is 7. The van der Waals surface area contributed by atoms with Gasteiger partial charge in [-0.3, -0.25) is 18.8 Å². The van der Waals surface area contributed by atoms with E-state index in [0.29, 0.717) is 24.2 Å². The molecule has 17 heteroatoms. The molecule has 0 spiro atoms. The van der Waals surface area contributed by atoms with E-state index in [-0.39, 0.29) is 122 Å². The third kappa shape index (κ3) is 25.0. The fraction of sp³-hybridized carbons (Fsp3) is 0.410. The quantitative estimate of drug-likeness (QED) is 0.00960. The molecule has 11 rings (SSSR count). The van der Waals surface area contributed by atoms with Crippen molar-refractivity contribution in [1.29, 1.82) is 0 Å². The maximum absolute atomic E-state index is 16.0. The summed E-state index contributed by atoms with van der Waals surface area (Å²) in [6.07, 6.45) is 29.3. The molecule has 9 aromatic rings. The maximum Gasteiger partial charge on any atom is 1.00 e. The number of hydrogen-bond acceptors (Lipinski definition) is 11. The van der Waals surface area contributed by atoms with E-state index in [2.05, 4.69) is 199 Å². The first-order valence-corrected chi connectivity index (χ1v) is 41.8. The number of carbonyl (C=O) groups excluding carboxylic acids is 3. The summed E-state index contributed by atoms with van der Waals surface area (Å²) in [5.74, 6) is -0.0630. The first kappa shape index (κ1) is 84.7. The zero-order chi connectivity index (χ0) is 70.0. The third-order valence-corrected chi connectivity index (χ3v) is 25.7. The number of thiophene rings is 6. The van der Waals surface area contributed by atoms with E-state index in [1.54, 1.807) is 22.7 Å². The number of unbranched alkanes of at least 4 members (excludes halogenated alkanes) is 12. The smallest absolute Gasteiger partial charge is 1.00 e. The van der Waals surface area contributed by atoms with E-state index in [1.807, 2.05) is 55.1 Å². The van der Waals surface area contributed by atoms with Crippen LogP contribution in [0.3, 0.4) is 0 Å². The average Bonchev–Trinajstić information content (AvgIpc) is 1.55. The fourth-order valence-electron chi connectivity index (χ4n) is 12.9. The van der Waals surface area contributed by atoms with Crippen molar-refractivity contribution in [2.75, 3.05) is 25.6 Å².